The molecule has 62 valence electrons. The minimum Gasteiger partial charge on any atom is -0.349 e. The normalized spacial score (nSPS) is 22.9. The molecule has 1 N–H and O–H groups in total. The van der Waals surface area contributed by atoms with Gasteiger partial charge in [0.2, 0.25) is 0 Å². The van der Waals surface area contributed by atoms with Gasteiger partial charge in [-0.1, -0.05) is 12.7 Å². The van der Waals surface area contributed by atoms with Gasteiger partial charge in [0.1, 0.15) is 5.82 Å². The number of nitrogens with zero attached hydrogens (tertiary/aromatic N) is 2. The quantitative estimate of drug-likeness (QED) is 0.543. The van der Waals surface area contributed by atoms with E-state index < -0.39 is 0 Å². The summed E-state index contributed by atoms with van der Waals surface area (Å²) in [5, 5.41) is 3.24. The summed E-state index contributed by atoms with van der Waals surface area (Å²) in [5.41, 5.74) is 0. The van der Waals surface area contributed by atoms with E-state index in [2.05, 4.69) is 22.9 Å². The Morgan fingerprint density at radius 1 is 1.55 bits per heavy atom. The van der Waals surface area contributed by atoms with Crippen LogP contribution in [0, 0.1) is 0 Å². The highest BCUT2D eigenvalue weighted by Gasteiger charge is 2.05. The fourth-order valence-corrected chi connectivity index (χ4v) is 0.973. The summed E-state index contributed by atoms with van der Waals surface area (Å²) in [6, 6.07) is 0. The van der Waals surface area contributed by atoms with Crippen molar-refractivity contribution >= 4 is 0 Å². The van der Waals surface area contributed by atoms with E-state index in [0.717, 1.165) is 19.0 Å². The summed E-state index contributed by atoms with van der Waals surface area (Å²) in [4.78, 5) is 4.09. The van der Waals surface area contributed by atoms with Crippen LogP contribution < -0.4 is 5.32 Å². The first-order valence-corrected chi connectivity index (χ1v) is 3.72. The largest absolute Gasteiger partial charge is 0.349 e. The van der Waals surface area contributed by atoms with Gasteiger partial charge in [-0.3, -0.25) is 5.32 Å². The highest BCUT2D eigenvalue weighted by molar-refractivity contribution is 4.99. The molecule has 1 aliphatic heterocycles. The molecule has 3 nitrogen and oxygen atoms in total. The lowest BCUT2D eigenvalue weighted by atomic mass is 10.5. The van der Waals surface area contributed by atoms with Crippen molar-refractivity contribution < 1.29 is 0 Å². The number of hydrogen-bond acceptors (Lipinski definition) is 3. The second-order valence-corrected chi connectivity index (χ2v) is 2.72. The molecule has 0 saturated heterocycles. The molecule has 0 aliphatic carbocycles. The Morgan fingerprint density at radius 2 is 2.27 bits per heavy atom. The average Bonchev–Trinajstić information content (AvgIpc) is 2.00. The SMILES string of the molecule is C=C1N(C)/C=C\CNCN1C. The van der Waals surface area contributed by atoms with E-state index in [1.165, 1.54) is 0 Å². The first kappa shape index (κ1) is 8.14. The zero-order valence-corrected chi connectivity index (χ0v) is 7.17. The third kappa shape index (κ3) is 1.98. The first-order valence-electron chi connectivity index (χ1n) is 3.72. The minimum atomic E-state index is 0.855. The van der Waals surface area contributed by atoms with Crippen molar-refractivity contribution in [3.8, 4) is 0 Å². The third-order valence-corrected chi connectivity index (χ3v) is 1.79. The Labute approximate surface area is 68.0 Å². The molecule has 0 atom stereocenters. The molecule has 0 fully saturated rings. The maximum Gasteiger partial charge on any atom is 0.101 e. The van der Waals surface area contributed by atoms with Gasteiger partial charge < -0.3 is 9.80 Å². The van der Waals surface area contributed by atoms with Gasteiger partial charge in [-0.2, -0.15) is 0 Å². The van der Waals surface area contributed by atoms with Gasteiger partial charge in [0.25, 0.3) is 0 Å². The van der Waals surface area contributed by atoms with Crippen LogP contribution in [-0.2, 0) is 0 Å². The zero-order valence-electron chi connectivity index (χ0n) is 7.17. The summed E-state index contributed by atoms with van der Waals surface area (Å²) in [7, 11) is 4.02. The molecule has 0 bridgehead atoms. The molecule has 0 aromatic heterocycles. The average molecular weight is 153 g/mol. The van der Waals surface area contributed by atoms with E-state index in [-0.39, 0.29) is 0 Å². The molecule has 0 amide bonds. The van der Waals surface area contributed by atoms with Crippen molar-refractivity contribution in [3.05, 3.63) is 24.7 Å². The summed E-state index contributed by atoms with van der Waals surface area (Å²) < 4.78 is 0. The third-order valence-electron chi connectivity index (χ3n) is 1.79. The molecule has 0 spiro atoms. The molecule has 0 saturated carbocycles. The van der Waals surface area contributed by atoms with Gasteiger partial charge in [-0.05, 0) is 0 Å². The maximum atomic E-state index is 3.94. The topological polar surface area (TPSA) is 18.5 Å². The Hall–Kier alpha value is -0.960. The Bertz CT molecular complexity index is 174. The predicted octanol–water partition coefficient (Wildman–Crippen LogP) is 0.396. The summed E-state index contributed by atoms with van der Waals surface area (Å²) in [6.45, 7) is 5.71. The van der Waals surface area contributed by atoms with Crippen LogP contribution in [0.4, 0.5) is 0 Å². The molecule has 0 unspecified atom stereocenters. The van der Waals surface area contributed by atoms with E-state index in [1.54, 1.807) is 0 Å². The van der Waals surface area contributed by atoms with Crippen molar-refractivity contribution in [2.24, 2.45) is 0 Å². The molecular formula is C8H15N3. The van der Waals surface area contributed by atoms with Crippen molar-refractivity contribution in [3.63, 3.8) is 0 Å². The monoisotopic (exact) mass is 153 g/mol. The van der Waals surface area contributed by atoms with E-state index in [9.17, 15) is 0 Å². The molecule has 1 rings (SSSR count). The molecule has 0 radical (unpaired) electrons. The van der Waals surface area contributed by atoms with Crippen LogP contribution in [0.3, 0.4) is 0 Å². The second kappa shape index (κ2) is 3.44. The first-order chi connectivity index (χ1) is 5.22. The van der Waals surface area contributed by atoms with Crippen molar-refractivity contribution in [1.82, 2.24) is 15.1 Å². The Morgan fingerprint density at radius 3 is 3.00 bits per heavy atom. The lowest BCUT2D eigenvalue weighted by molar-refractivity contribution is 0.295. The van der Waals surface area contributed by atoms with Gasteiger partial charge in [0.15, 0.2) is 0 Å². The lowest BCUT2D eigenvalue weighted by Gasteiger charge is -2.29. The fraction of sp³-hybridized carbons (Fsp3) is 0.500. The lowest BCUT2D eigenvalue weighted by Crippen LogP contribution is -2.36. The van der Waals surface area contributed by atoms with E-state index in [1.807, 2.05) is 25.2 Å². The summed E-state index contributed by atoms with van der Waals surface area (Å²) in [5.74, 6) is 1.01. The van der Waals surface area contributed by atoms with Crippen molar-refractivity contribution in [2.45, 2.75) is 0 Å². The van der Waals surface area contributed by atoms with Crippen molar-refractivity contribution in [1.29, 1.82) is 0 Å². The molecule has 3 heteroatoms. The molecule has 0 aromatic carbocycles. The smallest absolute Gasteiger partial charge is 0.101 e. The van der Waals surface area contributed by atoms with Crippen molar-refractivity contribution in [2.75, 3.05) is 27.3 Å². The number of rotatable bonds is 0. The standard InChI is InChI=1S/C8H15N3/c1-8-10(2)6-4-5-9-7-11(8)3/h4,6,9H,1,5,7H2,2-3H3/b6-4-. The van der Waals surface area contributed by atoms with Gasteiger partial charge in [0.05, 0.1) is 6.67 Å². The molecular weight excluding hydrogens is 138 g/mol. The van der Waals surface area contributed by atoms with Gasteiger partial charge in [0, 0.05) is 26.8 Å². The molecule has 0 aromatic rings. The van der Waals surface area contributed by atoms with Crippen LogP contribution in [0.2, 0.25) is 0 Å². The Kier molecular flexibility index (Phi) is 2.54. The van der Waals surface area contributed by atoms with Crippen LogP contribution >= 0.6 is 0 Å². The highest BCUT2D eigenvalue weighted by Crippen LogP contribution is 2.04. The van der Waals surface area contributed by atoms with Gasteiger partial charge in [-0.15, -0.1) is 0 Å². The minimum absolute atomic E-state index is 0.855. The molecule has 1 aliphatic rings. The van der Waals surface area contributed by atoms with Gasteiger partial charge in [-0.25, -0.2) is 0 Å². The Balaban J connectivity index is 2.64. The van der Waals surface area contributed by atoms with Crippen LogP contribution in [0.1, 0.15) is 0 Å². The number of nitrogens with one attached hydrogen (secondary N) is 1. The van der Waals surface area contributed by atoms with Crippen LogP contribution in [0.15, 0.2) is 24.7 Å². The summed E-state index contributed by atoms with van der Waals surface area (Å²) in [6.07, 6.45) is 4.10. The highest BCUT2D eigenvalue weighted by atomic mass is 15.3. The number of hydrogen-bond donors (Lipinski definition) is 1. The van der Waals surface area contributed by atoms with Crippen LogP contribution in [-0.4, -0.2) is 37.1 Å². The van der Waals surface area contributed by atoms with E-state index in [4.69, 9.17) is 0 Å². The predicted molar refractivity (Wildman–Crippen MR) is 46.7 cm³/mol. The van der Waals surface area contributed by atoms with Crippen LogP contribution in [0.25, 0.3) is 0 Å². The molecule has 1 heterocycles. The fourth-order valence-electron chi connectivity index (χ4n) is 0.973. The van der Waals surface area contributed by atoms with E-state index in [0.29, 0.717) is 0 Å². The maximum absolute atomic E-state index is 3.94. The second-order valence-electron chi connectivity index (χ2n) is 2.72. The molecule has 11 heavy (non-hydrogen) atoms. The van der Waals surface area contributed by atoms with Gasteiger partial charge >= 0.3 is 0 Å². The zero-order chi connectivity index (χ0) is 8.27. The van der Waals surface area contributed by atoms with Crippen LogP contribution in [0.5, 0.6) is 0 Å². The summed E-state index contributed by atoms with van der Waals surface area (Å²) >= 11 is 0. The van der Waals surface area contributed by atoms with E-state index >= 15 is 0 Å².